The molecule has 0 aliphatic heterocycles. The van der Waals surface area contributed by atoms with E-state index >= 15 is 0 Å². The molecule has 4 nitrogen and oxygen atoms in total. The number of aromatic nitrogens is 1. The number of para-hydroxylation sites is 1. The van der Waals surface area contributed by atoms with Gasteiger partial charge >= 0.3 is 0 Å². The molecule has 0 aliphatic carbocycles. The van der Waals surface area contributed by atoms with E-state index in [2.05, 4.69) is 78.5 Å². The normalized spacial score (nSPS) is 11.7. The lowest BCUT2D eigenvalue weighted by atomic mass is 10.0. The average Bonchev–Trinajstić information content (AvgIpc) is 3.00. The number of rotatable bonds is 5. The number of carbonyl (C=O) groups is 1. The Balaban J connectivity index is 1.44. The predicted octanol–water partition coefficient (Wildman–Crippen LogP) is 5.15. The minimum absolute atomic E-state index is 0.127. The average molecular weight is 383 g/mol. The molecule has 29 heavy (non-hydrogen) atoms. The second-order valence-corrected chi connectivity index (χ2v) is 7.72. The first kappa shape index (κ1) is 18.9. The summed E-state index contributed by atoms with van der Waals surface area (Å²) in [7, 11) is 2.06. The Morgan fingerprint density at radius 3 is 2.48 bits per heavy atom. The smallest absolute Gasteiger partial charge is 0.244 e. The summed E-state index contributed by atoms with van der Waals surface area (Å²) in [6.45, 7) is 4.33. The molecular weight excluding hydrogens is 358 g/mol. The number of benzene rings is 3. The summed E-state index contributed by atoms with van der Waals surface area (Å²) >= 11 is 0. The number of hydrogen-bond acceptors (Lipinski definition) is 2. The zero-order valence-electron chi connectivity index (χ0n) is 17.0. The van der Waals surface area contributed by atoms with Gasteiger partial charge in [0.15, 0.2) is 0 Å². The quantitative estimate of drug-likeness (QED) is 0.376. The molecule has 0 radical (unpaired) electrons. The third kappa shape index (κ3) is 3.92. The number of carbonyl (C=O) groups excluding carboxylic acids is 1. The Morgan fingerprint density at radius 2 is 1.72 bits per heavy atom. The Labute approximate surface area is 170 Å². The van der Waals surface area contributed by atoms with E-state index in [1.165, 1.54) is 21.9 Å². The molecule has 146 valence electrons. The van der Waals surface area contributed by atoms with E-state index in [0.29, 0.717) is 12.3 Å². The second kappa shape index (κ2) is 7.92. The highest BCUT2D eigenvalue weighted by Gasteiger charge is 2.09. The van der Waals surface area contributed by atoms with Crippen molar-refractivity contribution in [3.05, 3.63) is 83.4 Å². The van der Waals surface area contributed by atoms with Gasteiger partial charge in [0.1, 0.15) is 0 Å². The van der Waals surface area contributed by atoms with E-state index in [0.717, 1.165) is 16.6 Å². The van der Waals surface area contributed by atoms with Crippen LogP contribution < -0.4 is 5.43 Å². The summed E-state index contributed by atoms with van der Waals surface area (Å²) in [5, 5.41) is 6.53. The molecule has 1 N–H and O–H groups in total. The lowest BCUT2D eigenvalue weighted by Crippen LogP contribution is -2.19. The van der Waals surface area contributed by atoms with Crippen LogP contribution in [0.3, 0.4) is 0 Å². The largest absolute Gasteiger partial charge is 0.344 e. The van der Waals surface area contributed by atoms with E-state index in [1.54, 1.807) is 6.21 Å². The van der Waals surface area contributed by atoms with Crippen LogP contribution in [0.5, 0.6) is 0 Å². The van der Waals surface area contributed by atoms with Crippen LogP contribution in [0.15, 0.2) is 71.8 Å². The number of hydrogen-bond donors (Lipinski definition) is 1. The molecule has 1 amide bonds. The van der Waals surface area contributed by atoms with E-state index in [4.69, 9.17) is 0 Å². The first-order valence-electron chi connectivity index (χ1n) is 9.91. The molecule has 0 spiro atoms. The lowest BCUT2D eigenvalue weighted by molar-refractivity contribution is -0.120. The minimum Gasteiger partial charge on any atom is -0.344 e. The summed E-state index contributed by atoms with van der Waals surface area (Å²) < 4.78 is 2.17. The molecule has 0 aliphatic rings. The van der Waals surface area contributed by atoms with Crippen molar-refractivity contribution in [2.75, 3.05) is 0 Å². The number of amides is 1. The zero-order valence-corrected chi connectivity index (χ0v) is 17.0. The van der Waals surface area contributed by atoms with Crippen LogP contribution in [0.2, 0.25) is 0 Å². The van der Waals surface area contributed by atoms with Gasteiger partial charge in [0, 0.05) is 28.9 Å². The standard InChI is InChI=1S/C25H25N3O/c1-17(2)20-11-8-18(9-12-20)16-26-27-25(29)15-19-10-13-22-21-6-4-5-7-23(21)28(3)24(22)14-19/h4-14,16-17H,15H2,1-3H3,(H,27,29). The molecule has 4 aromatic rings. The van der Waals surface area contributed by atoms with E-state index in [9.17, 15) is 4.79 Å². The highest BCUT2D eigenvalue weighted by Crippen LogP contribution is 2.28. The topological polar surface area (TPSA) is 46.4 Å². The summed E-state index contributed by atoms with van der Waals surface area (Å²) in [5.74, 6) is 0.373. The van der Waals surface area contributed by atoms with Gasteiger partial charge < -0.3 is 4.57 Å². The highest BCUT2D eigenvalue weighted by atomic mass is 16.2. The van der Waals surface area contributed by atoms with Crippen molar-refractivity contribution < 1.29 is 4.79 Å². The molecule has 0 saturated carbocycles. The summed E-state index contributed by atoms with van der Waals surface area (Å²) in [5.41, 5.74) is 8.17. The molecule has 0 saturated heterocycles. The molecule has 0 bridgehead atoms. The third-order valence-corrected chi connectivity index (χ3v) is 5.35. The first-order valence-corrected chi connectivity index (χ1v) is 9.91. The lowest BCUT2D eigenvalue weighted by Gasteiger charge is -2.05. The molecule has 4 rings (SSSR count). The van der Waals surface area contributed by atoms with Crippen molar-refractivity contribution in [1.82, 2.24) is 9.99 Å². The fourth-order valence-electron chi connectivity index (χ4n) is 3.69. The molecule has 3 aromatic carbocycles. The predicted molar refractivity (Wildman–Crippen MR) is 120 cm³/mol. The molecule has 0 fully saturated rings. The van der Waals surface area contributed by atoms with Crippen LogP contribution in [0.4, 0.5) is 0 Å². The van der Waals surface area contributed by atoms with Crippen LogP contribution in [0.25, 0.3) is 21.8 Å². The number of nitrogens with zero attached hydrogens (tertiary/aromatic N) is 2. The summed E-state index contributed by atoms with van der Waals surface area (Å²) in [4.78, 5) is 12.3. The molecule has 1 heterocycles. The van der Waals surface area contributed by atoms with Crippen molar-refractivity contribution >= 4 is 33.9 Å². The van der Waals surface area contributed by atoms with Gasteiger partial charge in [0.2, 0.25) is 5.91 Å². The molecular formula is C25H25N3O. The van der Waals surface area contributed by atoms with Crippen molar-refractivity contribution in [3.63, 3.8) is 0 Å². The fourth-order valence-corrected chi connectivity index (χ4v) is 3.69. The fraction of sp³-hybridized carbons (Fsp3) is 0.200. The first-order chi connectivity index (χ1) is 14.0. The Kier molecular flexibility index (Phi) is 5.17. The van der Waals surface area contributed by atoms with Crippen molar-refractivity contribution in [3.8, 4) is 0 Å². The maximum absolute atomic E-state index is 12.3. The van der Waals surface area contributed by atoms with Gasteiger partial charge in [-0.2, -0.15) is 5.10 Å². The van der Waals surface area contributed by atoms with Gasteiger partial charge in [0.05, 0.1) is 12.6 Å². The van der Waals surface area contributed by atoms with Crippen LogP contribution in [0, 0.1) is 0 Å². The number of aryl methyl sites for hydroxylation is 1. The number of nitrogens with one attached hydrogen (secondary N) is 1. The molecule has 0 unspecified atom stereocenters. The van der Waals surface area contributed by atoms with Crippen LogP contribution in [0.1, 0.15) is 36.5 Å². The van der Waals surface area contributed by atoms with Gasteiger partial charge in [-0.15, -0.1) is 0 Å². The maximum Gasteiger partial charge on any atom is 0.244 e. The van der Waals surface area contributed by atoms with Gasteiger partial charge in [-0.1, -0.05) is 68.4 Å². The van der Waals surface area contributed by atoms with Crippen molar-refractivity contribution in [1.29, 1.82) is 0 Å². The Bertz CT molecular complexity index is 1200. The second-order valence-electron chi connectivity index (χ2n) is 7.72. The minimum atomic E-state index is -0.127. The molecule has 4 heteroatoms. The summed E-state index contributed by atoms with van der Waals surface area (Å²) in [6.07, 6.45) is 1.97. The van der Waals surface area contributed by atoms with Crippen LogP contribution in [-0.2, 0) is 18.3 Å². The number of fused-ring (bicyclic) bond motifs is 3. The number of hydrazone groups is 1. The van der Waals surface area contributed by atoms with Crippen LogP contribution >= 0.6 is 0 Å². The van der Waals surface area contributed by atoms with Crippen LogP contribution in [-0.4, -0.2) is 16.7 Å². The summed E-state index contributed by atoms with van der Waals surface area (Å²) in [6, 6.07) is 22.8. The van der Waals surface area contributed by atoms with E-state index in [1.807, 2.05) is 24.3 Å². The SMILES string of the molecule is CC(C)c1ccc(C=NNC(=O)Cc2ccc3c4ccccc4n(C)c3c2)cc1. The van der Waals surface area contributed by atoms with Gasteiger partial charge in [-0.05, 0) is 34.7 Å². The highest BCUT2D eigenvalue weighted by molar-refractivity contribution is 6.08. The van der Waals surface area contributed by atoms with Gasteiger partial charge in [-0.25, -0.2) is 5.43 Å². The molecule has 0 atom stereocenters. The monoisotopic (exact) mass is 383 g/mol. The van der Waals surface area contributed by atoms with Gasteiger partial charge in [-0.3, -0.25) is 4.79 Å². The van der Waals surface area contributed by atoms with Crippen molar-refractivity contribution in [2.24, 2.45) is 12.1 Å². The Morgan fingerprint density at radius 1 is 1.00 bits per heavy atom. The Hall–Kier alpha value is -3.40. The zero-order chi connectivity index (χ0) is 20.4. The van der Waals surface area contributed by atoms with E-state index in [-0.39, 0.29) is 5.91 Å². The van der Waals surface area contributed by atoms with E-state index < -0.39 is 0 Å². The van der Waals surface area contributed by atoms with Gasteiger partial charge in [0.25, 0.3) is 0 Å². The third-order valence-electron chi connectivity index (χ3n) is 5.35. The maximum atomic E-state index is 12.3. The molecule has 1 aromatic heterocycles. The van der Waals surface area contributed by atoms with Crippen molar-refractivity contribution in [2.45, 2.75) is 26.2 Å².